The number of rotatable bonds is 4. The highest BCUT2D eigenvalue weighted by Gasteiger charge is 2.17. The first-order valence-electron chi connectivity index (χ1n) is 9.67. The topological polar surface area (TPSA) is 45.8 Å². The summed E-state index contributed by atoms with van der Waals surface area (Å²) in [7, 11) is 0. The molecule has 3 nitrogen and oxygen atoms in total. The summed E-state index contributed by atoms with van der Waals surface area (Å²) in [5.41, 5.74) is 5.66. The van der Waals surface area contributed by atoms with Gasteiger partial charge in [0.2, 0.25) is 0 Å². The number of nitrogens with one attached hydrogen (secondary N) is 1. The first-order valence-corrected chi connectivity index (χ1v) is 10.5. The zero-order valence-corrected chi connectivity index (χ0v) is 16.9. The summed E-state index contributed by atoms with van der Waals surface area (Å²) in [5, 5.41) is 3.04. The summed E-state index contributed by atoms with van der Waals surface area (Å²) in [6, 6.07) is 24.2. The zero-order chi connectivity index (χ0) is 20.3. The molecule has 0 bridgehead atoms. The SMILES string of the molecule is O=c1[nH]c2ccccc2c(-c2cccc(/C=C/c3ccncc3)c2)c1-c1cccs1. The molecule has 0 saturated carbocycles. The van der Waals surface area contributed by atoms with E-state index in [1.807, 2.05) is 53.9 Å². The molecule has 0 radical (unpaired) electrons. The maximum absolute atomic E-state index is 13.1. The molecule has 0 unspecified atom stereocenters. The third-order valence-corrected chi connectivity index (χ3v) is 5.93. The molecule has 0 spiro atoms. The largest absolute Gasteiger partial charge is 0.321 e. The number of benzene rings is 2. The number of aromatic nitrogens is 2. The van der Waals surface area contributed by atoms with Crippen molar-refractivity contribution in [1.29, 1.82) is 0 Å². The first-order chi connectivity index (χ1) is 14.8. The van der Waals surface area contributed by atoms with Crippen LogP contribution < -0.4 is 5.56 Å². The number of hydrogen-bond acceptors (Lipinski definition) is 3. The molecular weight excluding hydrogens is 388 g/mol. The molecule has 2 aromatic carbocycles. The number of hydrogen-bond donors (Lipinski definition) is 1. The van der Waals surface area contributed by atoms with Gasteiger partial charge >= 0.3 is 0 Å². The minimum Gasteiger partial charge on any atom is -0.321 e. The van der Waals surface area contributed by atoms with Crippen molar-refractivity contribution < 1.29 is 0 Å². The standard InChI is InChI=1S/C26H18N2OS/c29-26-25(23-9-4-16-30-23)24(21-7-1-2-8-22(21)28-26)20-6-3-5-19(17-20)11-10-18-12-14-27-15-13-18/h1-17H,(H,28,29)/b11-10+. The monoisotopic (exact) mass is 406 g/mol. The van der Waals surface area contributed by atoms with Crippen LogP contribution in [0.4, 0.5) is 0 Å². The normalized spacial score (nSPS) is 11.3. The summed E-state index contributed by atoms with van der Waals surface area (Å²) in [5.74, 6) is 0. The Labute approximate surface area is 178 Å². The van der Waals surface area contributed by atoms with Crippen molar-refractivity contribution in [2.75, 3.05) is 0 Å². The molecule has 0 amide bonds. The van der Waals surface area contributed by atoms with Gasteiger partial charge in [-0.05, 0) is 52.4 Å². The Balaban J connectivity index is 1.71. The van der Waals surface area contributed by atoms with Crippen molar-refractivity contribution in [3.05, 3.63) is 112 Å². The van der Waals surface area contributed by atoms with Gasteiger partial charge in [0, 0.05) is 33.7 Å². The smallest absolute Gasteiger partial charge is 0.257 e. The predicted octanol–water partition coefficient (Wildman–Crippen LogP) is 6.49. The summed E-state index contributed by atoms with van der Waals surface area (Å²) >= 11 is 1.58. The van der Waals surface area contributed by atoms with Crippen LogP contribution in [0, 0.1) is 0 Å². The van der Waals surface area contributed by atoms with Crippen LogP contribution in [0.3, 0.4) is 0 Å². The molecule has 4 heteroatoms. The van der Waals surface area contributed by atoms with E-state index in [9.17, 15) is 4.79 Å². The quantitative estimate of drug-likeness (QED) is 0.371. The van der Waals surface area contributed by atoms with Crippen LogP contribution in [0.25, 0.3) is 44.6 Å². The summed E-state index contributed by atoms with van der Waals surface area (Å²) in [6.45, 7) is 0. The Hall–Kier alpha value is -3.76. The molecule has 30 heavy (non-hydrogen) atoms. The van der Waals surface area contributed by atoms with Gasteiger partial charge in [0.25, 0.3) is 5.56 Å². The van der Waals surface area contributed by atoms with Crippen LogP contribution in [-0.4, -0.2) is 9.97 Å². The van der Waals surface area contributed by atoms with Gasteiger partial charge in [0.05, 0.1) is 5.56 Å². The second-order valence-corrected chi connectivity index (χ2v) is 7.91. The lowest BCUT2D eigenvalue weighted by molar-refractivity contribution is 1.31. The third-order valence-electron chi connectivity index (χ3n) is 5.04. The van der Waals surface area contributed by atoms with Crippen molar-refractivity contribution >= 4 is 34.4 Å². The van der Waals surface area contributed by atoms with Crippen molar-refractivity contribution in [3.63, 3.8) is 0 Å². The lowest BCUT2D eigenvalue weighted by Crippen LogP contribution is -2.10. The maximum Gasteiger partial charge on any atom is 0.257 e. The molecule has 5 rings (SSSR count). The number of H-pyrrole nitrogens is 1. The molecule has 0 fully saturated rings. The van der Waals surface area contributed by atoms with E-state index in [2.05, 4.69) is 46.4 Å². The highest BCUT2D eigenvalue weighted by atomic mass is 32.1. The van der Waals surface area contributed by atoms with Crippen LogP contribution in [0.5, 0.6) is 0 Å². The van der Waals surface area contributed by atoms with Gasteiger partial charge in [0.1, 0.15) is 0 Å². The molecule has 0 atom stereocenters. The number of nitrogens with zero attached hydrogens (tertiary/aromatic N) is 1. The molecule has 0 aliphatic rings. The fourth-order valence-corrected chi connectivity index (χ4v) is 4.44. The van der Waals surface area contributed by atoms with E-state index in [1.165, 1.54) is 0 Å². The van der Waals surface area contributed by atoms with E-state index in [0.717, 1.165) is 43.6 Å². The summed E-state index contributed by atoms with van der Waals surface area (Å²) in [4.78, 5) is 21.1. The van der Waals surface area contributed by atoms with E-state index >= 15 is 0 Å². The fourth-order valence-electron chi connectivity index (χ4n) is 3.66. The molecular formula is C26H18N2OS. The zero-order valence-electron chi connectivity index (χ0n) is 16.1. The molecule has 0 aliphatic carbocycles. The summed E-state index contributed by atoms with van der Waals surface area (Å²) < 4.78 is 0. The molecule has 144 valence electrons. The maximum atomic E-state index is 13.1. The Morgan fingerprint density at radius 1 is 0.800 bits per heavy atom. The number of fused-ring (bicyclic) bond motifs is 1. The number of pyridine rings is 2. The van der Waals surface area contributed by atoms with E-state index < -0.39 is 0 Å². The van der Waals surface area contributed by atoms with E-state index in [1.54, 1.807) is 23.7 Å². The number of thiophene rings is 1. The highest BCUT2D eigenvalue weighted by molar-refractivity contribution is 7.13. The van der Waals surface area contributed by atoms with Crippen LogP contribution in [-0.2, 0) is 0 Å². The van der Waals surface area contributed by atoms with Crippen LogP contribution in [0.1, 0.15) is 11.1 Å². The molecule has 5 aromatic rings. The Morgan fingerprint density at radius 2 is 1.63 bits per heavy atom. The molecule has 0 saturated heterocycles. The highest BCUT2D eigenvalue weighted by Crippen LogP contribution is 2.37. The third kappa shape index (κ3) is 3.49. The number of aromatic amines is 1. The van der Waals surface area contributed by atoms with Crippen LogP contribution in [0.2, 0.25) is 0 Å². The van der Waals surface area contributed by atoms with Gasteiger partial charge in [-0.1, -0.05) is 54.6 Å². The van der Waals surface area contributed by atoms with Crippen molar-refractivity contribution in [1.82, 2.24) is 9.97 Å². The summed E-state index contributed by atoms with van der Waals surface area (Å²) in [6.07, 6.45) is 7.72. The average molecular weight is 407 g/mol. The first kappa shape index (κ1) is 18.3. The van der Waals surface area contributed by atoms with Gasteiger partial charge < -0.3 is 4.98 Å². The van der Waals surface area contributed by atoms with Gasteiger partial charge in [-0.15, -0.1) is 11.3 Å². The molecule has 3 aromatic heterocycles. The van der Waals surface area contributed by atoms with Gasteiger partial charge in [-0.2, -0.15) is 0 Å². The lowest BCUT2D eigenvalue weighted by atomic mass is 9.94. The second-order valence-electron chi connectivity index (χ2n) is 6.97. The Kier molecular flexibility index (Phi) is 4.83. The van der Waals surface area contributed by atoms with E-state index in [0.29, 0.717) is 0 Å². The van der Waals surface area contributed by atoms with Crippen LogP contribution >= 0.6 is 11.3 Å². The minimum atomic E-state index is -0.0659. The lowest BCUT2D eigenvalue weighted by Gasteiger charge is -2.12. The molecule has 0 aliphatic heterocycles. The Morgan fingerprint density at radius 3 is 2.47 bits per heavy atom. The van der Waals surface area contributed by atoms with Crippen LogP contribution in [0.15, 0.2) is 95.4 Å². The number of para-hydroxylation sites is 1. The van der Waals surface area contributed by atoms with Gasteiger partial charge in [-0.25, -0.2) is 0 Å². The Bertz CT molecular complexity index is 1400. The van der Waals surface area contributed by atoms with E-state index in [4.69, 9.17) is 0 Å². The molecule has 1 N–H and O–H groups in total. The molecule has 3 heterocycles. The predicted molar refractivity (Wildman–Crippen MR) is 126 cm³/mol. The van der Waals surface area contributed by atoms with Gasteiger partial charge in [0.15, 0.2) is 0 Å². The minimum absolute atomic E-state index is 0.0659. The average Bonchev–Trinajstić information content (AvgIpc) is 3.32. The fraction of sp³-hybridized carbons (Fsp3) is 0. The van der Waals surface area contributed by atoms with Crippen molar-refractivity contribution in [3.8, 4) is 21.6 Å². The van der Waals surface area contributed by atoms with Crippen molar-refractivity contribution in [2.45, 2.75) is 0 Å². The van der Waals surface area contributed by atoms with Gasteiger partial charge in [-0.3, -0.25) is 9.78 Å². The van der Waals surface area contributed by atoms with E-state index in [-0.39, 0.29) is 5.56 Å². The second kappa shape index (κ2) is 7.93. The van der Waals surface area contributed by atoms with Crippen molar-refractivity contribution in [2.24, 2.45) is 0 Å².